The molecule has 0 aromatic heterocycles. The smallest absolute Gasteiger partial charge is 0.368 e. The average Bonchev–Trinajstić information content (AvgIpc) is 3.26. The zero-order valence-electron chi connectivity index (χ0n) is 21.3. The van der Waals surface area contributed by atoms with Crippen molar-refractivity contribution >= 4 is 5.91 Å². The van der Waals surface area contributed by atoms with Crippen LogP contribution < -0.4 is 0 Å². The van der Waals surface area contributed by atoms with Gasteiger partial charge in [0.1, 0.15) is 5.82 Å². The van der Waals surface area contributed by atoms with Gasteiger partial charge in [-0.05, 0) is 66.3 Å². The second kappa shape index (κ2) is 10.5. The van der Waals surface area contributed by atoms with Gasteiger partial charge in [-0.3, -0.25) is 4.79 Å². The molecule has 3 aromatic rings. The van der Waals surface area contributed by atoms with Gasteiger partial charge in [0.25, 0.3) is 0 Å². The van der Waals surface area contributed by atoms with Crippen LogP contribution in [0.25, 0.3) is 0 Å². The number of hydrogen-bond donors (Lipinski definition) is 0. The summed E-state index contributed by atoms with van der Waals surface area (Å²) in [7, 11) is 0. The summed E-state index contributed by atoms with van der Waals surface area (Å²) < 4.78 is 101. The van der Waals surface area contributed by atoms with Crippen LogP contribution in [0.15, 0.2) is 72.8 Å². The number of amides is 1. The third kappa shape index (κ3) is 5.73. The Hall–Kier alpha value is -3.40. The van der Waals surface area contributed by atoms with Crippen LogP contribution in [0, 0.1) is 5.82 Å². The van der Waals surface area contributed by atoms with E-state index in [1.165, 1.54) is 19.1 Å². The molecule has 0 saturated carbocycles. The minimum atomic E-state index is -4.99. The molecular weight excluding hydrogens is 539 g/mol. The maximum atomic E-state index is 13.8. The van der Waals surface area contributed by atoms with E-state index in [1.54, 1.807) is 17.0 Å². The highest BCUT2D eigenvalue weighted by atomic mass is 19.4. The van der Waals surface area contributed by atoms with Crippen LogP contribution in [0.5, 0.6) is 0 Å². The Bertz CT molecular complexity index is 1320. The van der Waals surface area contributed by atoms with Crippen LogP contribution in [0.3, 0.4) is 0 Å². The molecule has 10 heteroatoms. The molecule has 2 aliphatic heterocycles. The third-order valence-electron chi connectivity index (χ3n) is 7.84. The number of nitrogens with zero attached hydrogens (tertiary/aromatic N) is 1. The Labute approximate surface area is 226 Å². The van der Waals surface area contributed by atoms with Gasteiger partial charge in [-0.25, -0.2) is 4.39 Å². The Kier molecular flexibility index (Phi) is 7.41. The first-order valence-electron chi connectivity index (χ1n) is 12.9. The Morgan fingerprint density at radius 1 is 0.850 bits per heavy atom. The second-order valence-electron chi connectivity index (χ2n) is 10.4. The predicted octanol–water partition coefficient (Wildman–Crippen LogP) is 7.88. The number of carbonyl (C=O) groups is 1. The lowest BCUT2D eigenvalue weighted by molar-refractivity contribution is -0.143. The number of ether oxygens (including phenoxy) is 1. The number of benzene rings is 3. The number of fused-ring (bicyclic) bond motifs is 1. The molecule has 5 rings (SSSR count). The fourth-order valence-corrected chi connectivity index (χ4v) is 5.93. The summed E-state index contributed by atoms with van der Waals surface area (Å²) in [5.41, 5.74) is -1.46. The van der Waals surface area contributed by atoms with Gasteiger partial charge >= 0.3 is 12.4 Å². The average molecular weight is 566 g/mol. The zero-order chi connectivity index (χ0) is 28.8. The first-order chi connectivity index (χ1) is 18.8. The first-order valence-corrected chi connectivity index (χ1v) is 12.9. The van der Waals surface area contributed by atoms with E-state index >= 15 is 0 Å². The van der Waals surface area contributed by atoms with Crippen LogP contribution >= 0.6 is 0 Å². The fourth-order valence-electron chi connectivity index (χ4n) is 5.93. The molecule has 2 saturated heterocycles. The fraction of sp³-hybridized carbons (Fsp3) is 0.367. The van der Waals surface area contributed by atoms with Crippen molar-refractivity contribution in [3.8, 4) is 0 Å². The number of rotatable bonds is 5. The molecule has 1 amide bonds. The highest BCUT2D eigenvalue weighted by Crippen LogP contribution is 2.46. The van der Waals surface area contributed by atoms with Crippen molar-refractivity contribution in [2.45, 2.75) is 62.2 Å². The number of carbonyl (C=O) groups excluding carboxylic acids is 1. The SMILES string of the molecule is C[C@@H](O[C@H]1CN2C(=O)CC(c3ccccc3)C[C@H]2[C@@H]1c1ccc(F)cc1)c1cc(C(F)(F)F)cc(C(F)(F)F)c1. The van der Waals surface area contributed by atoms with Gasteiger partial charge < -0.3 is 9.64 Å². The van der Waals surface area contributed by atoms with Crippen LogP contribution in [0.1, 0.15) is 65.5 Å². The van der Waals surface area contributed by atoms with Crippen molar-refractivity contribution in [1.82, 2.24) is 4.90 Å². The van der Waals surface area contributed by atoms with E-state index in [2.05, 4.69) is 0 Å². The van der Waals surface area contributed by atoms with Crippen molar-refractivity contribution < 1.29 is 40.3 Å². The summed E-state index contributed by atoms with van der Waals surface area (Å²) in [6, 6.07) is 16.3. The van der Waals surface area contributed by atoms with E-state index < -0.39 is 47.4 Å². The summed E-state index contributed by atoms with van der Waals surface area (Å²) in [6.07, 6.45) is -11.0. The van der Waals surface area contributed by atoms with Crippen molar-refractivity contribution in [3.05, 3.63) is 106 Å². The minimum Gasteiger partial charge on any atom is -0.368 e. The molecule has 3 nitrogen and oxygen atoms in total. The third-order valence-corrected chi connectivity index (χ3v) is 7.84. The molecule has 40 heavy (non-hydrogen) atoms. The molecule has 0 radical (unpaired) electrons. The second-order valence-corrected chi connectivity index (χ2v) is 10.4. The van der Waals surface area contributed by atoms with Crippen molar-refractivity contribution in [2.24, 2.45) is 0 Å². The number of alkyl halides is 6. The van der Waals surface area contributed by atoms with Gasteiger partial charge in [0.2, 0.25) is 5.91 Å². The van der Waals surface area contributed by atoms with Gasteiger partial charge in [0, 0.05) is 24.9 Å². The van der Waals surface area contributed by atoms with E-state index in [9.17, 15) is 35.5 Å². The summed E-state index contributed by atoms with van der Waals surface area (Å²) in [5.74, 6) is -1.12. The Morgan fingerprint density at radius 3 is 2.02 bits per heavy atom. The van der Waals surface area contributed by atoms with Crippen LogP contribution in [-0.2, 0) is 21.9 Å². The van der Waals surface area contributed by atoms with Crippen LogP contribution in [0.4, 0.5) is 30.7 Å². The number of halogens is 7. The lowest BCUT2D eigenvalue weighted by atomic mass is 9.79. The monoisotopic (exact) mass is 565 g/mol. The predicted molar refractivity (Wildman–Crippen MR) is 133 cm³/mol. The molecule has 212 valence electrons. The largest absolute Gasteiger partial charge is 0.416 e. The number of piperidine rings is 1. The minimum absolute atomic E-state index is 0.0770. The standard InChI is InChI=1S/C30H26F7NO2/c1-17(20-11-22(29(32,33)34)15-23(12-20)30(35,36)37)40-26-16-38-25(28(26)19-7-9-24(31)10-8-19)13-21(14-27(38)39)18-5-3-2-4-6-18/h2-12,15,17,21,25-26,28H,13-14,16H2,1H3/t17-,21?,25+,26+,28+/m1/s1. The lowest BCUT2D eigenvalue weighted by Gasteiger charge is -2.37. The lowest BCUT2D eigenvalue weighted by Crippen LogP contribution is -2.43. The molecule has 2 aliphatic rings. The van der Waals surface area contributed by atoms with Crippen molar-refractivity contribution in [3.63, 3.8) is 0 Å². The first kappa shape index (κ1) is 28.1. The molecule has 0 bridgehead atoms. The van der Waals surface area contributed by atoms with Gasteiger partial charge in [-0.1, -0.05) is 42.5 Å². The summed E-state index contributed by atoms with van der Waals surface area (Å²) in [5, 5.41) is 0. The normalized spacial score (nSPS) is 24.2. The summed E-state index contributed by atoms with van der Waals surface area (Å²) >= 11 is 0. The maximum Gasteiger partial charge on any atom is 0.416 e. The van der Waals surface area contributed by atoms with Crippen LogP contribution in [-0.4, -0.2) is 29.5 Å². The molecular formula is C30H26F7NO2. The topological polar surface area (TPSA) is 29.5 Å². The molecule has 3 aromatic carbocycles. The number of hydrogen-bond acceptors (Lipinski definition) is 2. The van der Waals surface area contributed by atoms with Crippen molar-refractivity contribution in [2.75, 3.05) is 6.54 Å². The molecule has 0 N–H and O–H groups in total. The van der Waals surface area contributed by atoms with E-state index in [1.807, 2.05) is 30.3 Å². The van der Waals surface area contributed by atoms with Crippen LogP contribution in [0.2, 0.25) is 0 Å². The van der Waals surface area contributed by atoms with Gasteiger partial charge in [-0.15, -0.1) is 0 Å². The van der Waals surface area contributed by atoms with E-state index in [4.69, 9.17) is 4.74 Å². The highest BCUT2D eigenvalue weighted by Gasteiger charge is 2.49. The van der Waals surface area contributed by atoms with E-state index in [0.29, 0.717) is 24.1 Å². The molecule has 5 atom stereocenters. The molecule has 0 aliphatic carbocycles. The molecule has 2 fully saturated rings. The molecule has 2 heterocycles. The highest BCUT2D eigenvalue weighted by molar-refractivity contribution is 5.79. The van der Waals surface area contributed by atoms with Gasteiger partial charge in [0.15, 0.2) is 0 Å². The summed E-state index contributed by atoms with van der Waals surface area (Å²) in [4.78, 5) is 14.9. The van der Waals surface area contributed by atoms with Gasteiger partial charge in [-0.2, -0.15) is 26.3 Å². The van der Waals surface area contributed by atoms with Gasteiger partial charge in [0.05, 0.1) is 23.3 Å². The quantitative estimate of drug-likeness (QED) is 0.295. The zero-order valence-corrected chi connectivity index (χ0v) is 21.3. The Balaban J connectivity index is 1.49. The molecule has 0 spiro atoms. The van der Waals surface area contributed by atoms with E-state index in [-0.39, 0.29) is 42.5 Å². The maximum absolute atomic E-state index is 13.8. The van der Waals surface area contributed by atoms with Crippen molar-refractivity contribution in [1.29, 1.82) is 0 Å². The van der Waals surface area contributed by atoms with E-state index in [0.717, 1.165) is 5.56 Å². The summed E-state index contributed by atoms with van der Waals surface area (Å²) in [6.45, 7) is 1.51. The Morgan fingerprint density at radius 2 is 1.45 bits per heavy atom. The molecule has 1 unspecified atom stereocenters.